The van der Waals surface area contributed by atoms with Crippen molar-refractivity contribution in [1.29, 1.82) is 0 Å². The molecule has 0 saturated heterocycles. The second-order valence-electron chi connectivity index (χ2n) is 5.55. The minimum Gasteiger partial charge on any atom is -0.483 e. The number of methoxy groups -OCH3 is 1. The fraction of sp³-hybridized carbons (Fsp3) is 0.333. The molecule has 7 heteroatoms. The van der Waals surface area contributed by atoms with Crippen LogP contribution in [0.4, 0.5) is 0 Å². The third-order valence-electron chi connectivity index (χ3n) is 3.65. The Balaban J connectivity index is 2.03. The van der Waals surface area contributed by atoms with Crippen molar-refractivity contribution >= 4 is 21.8 Å². The Morgan fingerprint density at radius 1 is 1.40 bits per heavy atom. The first-order valence-corrected chi connectivity index (χ1v) is 8.87. The van der Waals surface area contributed by atoms with E-state index in [2.05, 4.69) is 37.8 Å². The van der Waals surface area contributed by atoms with E-state index in [0.29, 0.717) is 19.0 Å². The number of aromatic amines is 1. The van der Waals surface area contributed by atoms with Gasteiger partial charge in [-0.25, -0.2) is 4.98 Å². The van der Waals surface area contributed by atoms with Gasteiger partial charge in [0.05, 0.1) is 32.1 Å². The number of imidazole rings is 1. The van der Waals surface area contributed by atoms with Gasteiger partial charge in [0.25, 0.3) is 0 Å². The molecule has 0 spiro atoms. The van der Waals surface area contributed by atoms with Crippen LogP contribution < -0.4 is 5.32 Å². The summed E-state index contributed by atoms with van der Waals surface area (Å²) in [6.45, 7) is 6.93. The number of nitrogens with one attached hydrogen (secondary N) is 2. The minimum absolute atomic E-state index is 0.0263. The highest BCUT2D eigenvalue weighted by Gasteiger charge is 2.15. The monoisotopic (exact) mass is 406 g/mol. The molecule has 2 N–H and O–H groups in total. The molecule has 2 rings (SSSR count). The van der Waals surface area contributed by atoms with Crippen molar-refractivity contribution in [3.05, 3.63) is 53.2 Å². The van der Waals surface area contributed by atoms with E-state index in [4.69, 9.17) is 4.74 Å². The predicted molar refractivity (Wildman–Crippen MR) is 102 cm³/mol. The van der Waals surface area contributed by atoms with Crippen molar-refractivity contribution in [1.82, 2.24) is 20.2 Å². The van der Waals surface area contributed by atoms with Crippen LogP contribution in [0.25, 0.3) is 11.3 Å². The van der Waals surface area contributed by atoms with Gasteiger partial charge >= 0.3 is 0 Å². The van der Waals surface area contributed by atoms with Crippen LogP contribution >= 0.6 is 15.9 Å². The highest BCUT2D eigenvalue weighted by atomic mass is 79.9. The van der Waals surface area contributed by atoms with Gasteiger partial charge in [-0.2, -0.15) is 0 Å². The molecule has 6 nitrogen and oxygen atoms in total. The molecule has 0 unspecified atom stereocenters. The van der Waals surface area contributed by atoms with E-state index in [1.54, 1.807) is 11.1 Å². The van der Waals surface area contributed by atoms with E-state index < -0.39 is 0 Å². The van der Waals surface area contributed by atoms with E-state index in [1.807, 2.05) is 31.2 Å². The molecule has 0 atom stereocenters. The third kappa shape index (κ3) is 5.63. The van der Waals surface area contributed by atoms with Crippen LogP contribution in [0.5, 0.6) is 0 Å². The average molecular weight is 407 g/mol. The summed E-state index contributed by atoms with van der Waals surface area (Å²) in [6.07, 6.45) is 2.66. The Hall–Kier alpha value is -2.28. The number of rotatable bonds is 9. The smallest absolute Gasteiger partial charge is 0.242 e. The second kappa shape index (κ2) is 9.27. The van der Waals surface area contributed by atoms with Crippen molar-refractivity contribution in [2.24, 2.45) is 0 Å². The Bertz CT molecular complexity index is 712. The van der Waals surface area contributed by atoms with Crippen molar-refractivity contribution in [2.45, 2.75) is 19.9 Å². The topological polar surface area (TPSA) is 70.2 Å². The highest BCUT2D eigenvalue weighted by molar-refractivity contribution is 9.10. The Morgan fingerprint density at radius 2 is 2.12 bits per heavy atom. The van der Waals surface area contributed by atoms with E-state index >= 15 is 0 Å². The van der Waals surface area contributed by atoms with Crippen LogP contribution in [0.15, 0.2) is 47.4 Å². The van der Waals surface area contributed by atoms with E-state index in [1.165, 1.54) is 7.11 Å². The second-order valence-corrected chi connectivity index (χ2v) is 6.46. The lowest BCUT2D eigenvalue weighted by molar-refractivity contribution is -0.131. The van der Waals surface area contributed by atoms with Crippen LogP contribution in [-0.2, 0) is 16.1 Å². The predicted octanol–water partition coefficient (Wildman–Crippen LogP) is 3.29. The quantitative estimate of drug-likeness (QED) is 0.626. The number of amides is 1. The fourth-order valence-electron chi connectivity index (χ4n) is 2.32. The molecule has 0 aliphatic carbocycles. The van der Waals surface area contributed by atoms with Gasteiger partial charge in [-0.05, 0) is 30.7 Å². The van der Waals surface area contributed by atoms with Crippen LogP contribution in [-0.4, -0.2) is 41.0 Å². The lowest BCUT2D eigenvalue weighted by Gasteiger charge is -2.21. The van der Waals surface area contributed by atoms with Gasteiger partial charge in [-0.3, -0.25) is 4.79 Å². The molecule has 0 bridgehead atoms. The molecule has 25 heavy (non-hydrogen) atoms. The number of aromatic nitrogens is 2. The number of halogens is 1. The molecule has 0 radical (unpaired) electrons. The summed E-state index contributed by atoms with van der Waals surface area (Å²) >= 11 is 3.43. The van der Waals surface area contributed by atoms with E-state index in [0.717, 1.165) is 28.0 Å². The fourth-order valence-corrected chi connectivity index (χ4v) is 2.58. The first-order valence-electron chi connectivity index (χ1n) is 8.07. The van der Waals surface area contributed by atoms with Crippen LogP contribution in [0.2, 0.25) is 0 Å². The molecule has 0 aliphatic heterocycles. The third-order valence-corrected chi connectivity index (χ3v) is 4.18. The van der Waals surface area contributed by atoms with E-state index in [-0.39, 0.29) is 12.5 Å². The van der Waals surface area contributed by atoms with Crippen LogP contribution in [0, 0.1) is 0 Å². The SMILES string of the molecule is C=C(NCC(=O)N(CCC)Cc1ncc(-c2ccc(Br)cc2)[nH]1)OC. The molecule has 1 heterocycles. The van der Waals surface area contributed by atoms with Gasteiger partial charge in [0.15, 0.2) is 5.88 Å². The molecular weight excluding hydrogens is 384 g/mol. The average Bonchev–Trinajstić information content (AvgIpc) is 3.08. The van der Waals surface area contributed by atoms with Crippen molar-refractivity contribution in [3.63, 3.8) is 0 Å². The van der Waals surface area contributed by atoms with Crippen LogP contribution in [0.3, 0.4) is 0 Å². The first-order chi connectivity index (χ1) is 12.0. The molecule has 1 aromatic heterocycles. The van der Waals surface area contributed by atoms with Gasteiger partial charge in [0.2, 0.25) is 5.91 Å². The number of H-pyrrole nitrogens is 1. The van der Waals surface area contributed by atoms with Gasteiger partial charge < -0.3 is 19.9 Å². The maximum atomic E-state index is 12.4. The normalized spacial score (nSPS) is 10.4. The zero-order valence-corrected chi connectivity index (χ0v) is 16.1. The standard InChI is InChI=1S/C18H23BrN4O2/c1-4-9-23(18(24)11-20-13(2)25-3)12-17-21-10-16(22-17)14-5-7-15(19)8-6-14/h5-8,10,20H,2,4,9,11-12H2,1,3H3,(H,21,22). The molecule has 1 amide bonds. The summed E-state index contributed by atoms with van der Waals surface area (Å²) in [5.41, 5.74) is 1.98. The number of benzene rings is 1. The highest BCUT2D eigenvalue weighted by Crippen LogP contribution is 2.20. The number of hydrogen-bond donors (Lipinski definition) is 2. The number of carbonyl (C=O) groups is 1. The lowest BCUT2D eigenvalue weighted by Crippen LogP contribution is -2.38. The summed E-state index contributed by atoms with van der Waals surface area (Å²) in [5.74, 6) is 1.10. The number of carbonyl (C=O) groups excluding carboxylic acids is 1. The number of nitrogens with zero attached hydrogens (tertiary/aromatic N) is 2. The maximum absolute atomic E-state index is 12.4. The minimum atomic E-state index is -0.0263. The molecule has 1 aromatic carbocycles. The first kappa shape index (κ1) is 19.1. The zero-order valence-electron chi connectivity index (χ0n) is 14.5. The lowest BCUT2D eigenvalue weighted by atomic mass is 10.2. The van der Waals surface area contributed by atoms with Crippen molar-refractivity contribution in [3.8, 4) is 11.3 Å². The summed E-state index contributed by atoms with van der Waals surface area (Å²) in [6, 6.07) is 7.99. The maximum Gasteiger partial charge on any atom is 0.242 e. The number of hydrogen-bond acceptors (Lipinski definition) is 4. The summed E-state index contributed by atoms with van der Waals surface area (Å²) in [7, 11) is 1.51. The molecule has 0 aliphatic rings. The molecule has 0 fully saturated rings. The van der Waals surface area contributed by atoms with Crippen LogP contribution in [0.1, 0.15) is 19.2 Å². The van der Waals surface area contributed by atoms with Gasteiger partial charge in [-0.15, -0.1) is 0 Å². The zero-order chi connectivity index (χ0) is 18.2. The van der Waals surface area contributed by atoms with Crippen molar-refractivity contribution in [2.75, 3.05) is 20.2 Å². The summed E-state index contributed by atoms with van der Waals surface area (Å²) in [5, 5.41) is 2.85. The van der Waals surface area contributed by atoms with E-state index in [9.17, 15) is 4.79 Å². The number of ether oxygens (including phenoxy) is 1. The largest absolute Gasteiger partial charge is 0.483 e. The van der Waals surface area contributed by atoms with Gasteiger partial charge in [0.1, 0.15) is 5.82 Å². The molecule has 2 aromatic rings. The summed E-state index contributed by atoms with van der Waals surface area (Å²) < 4.78 is 5.95. The Morgan fingerprint density at radius 3 is 2.76 bits per heavy atom. The molecule has 134 valence electrons. The Kier molecular flexibility index (Phi) is 7.06. The molecule has 0 saturated carbocycles. The Labute approximate surface area is 156 Å². The summed E-state index contributed by atoms with van der Waals surface area (Å²) in [4.78, 5) is 21.8. The van der Waals surface area contributed by atoms with Gasteiger partial charge in [-0.1, -0.05) is 35.0 Å². The van der Waals surface area contributed by atoms with Gasteiger partial charge in [0, 0.05) is 11.0 Å². The van der Waals surface area contributed by atoms with Crippen molar-refractivity contribution < 1.29 is 9.53 Å². The molecular formula is C18H23BrN4O2.